The summed E-state index contributed by atoms with van der Waals surface area (Å²) < 4.78 is 1.76. The number of aryl methyl sites for hydroxylation is 2. The third-order valence-electron chi connectivity index (χ3n) is 5.13. The smallest absolute Gasteiger partial charge is 0.273 e. The lowest BCUT2D eigenvalue weighted by Crippen LogP contribution is -2.41. The number of aromatic nitrogens is 6. The molecule has 0 aromatic carbocycles. The van der Waals surface area contributed by atoms with Crippen molar-refractivity contribution >= 4 is 11.6 Å². The first-order chi connectivity index (χ1) is 13.6. The molecule has 0 fully saturated rings. The van der Waals surface area contributed by atoms with Crippen molar-refractivity contribution in [3.8, 4) is 0 Å². The highest BCUT2D eigenvalue weighted by atomic mass is 16.2. The fraction of sp³-hybridized carbons (Fsp3) is 0.250. The molecule has 0 bridgehead atoms. The van der Waals surface area contributed by atoms with Crippen LogP contribution in [0.4, 0.5) is 0 Å². The first-order valence-corrected chi connectivity index (χ1v) is 9.19. The second-order valence-corrected chi connectivity index (χ2v) is 7.04. The van der Waals surface area contributed by atoms with Crippen molar-refractivity contribution in [2.45, 2.75) is 26.3 Å². The number of nitrogens with one attached hydrogen (secondary N) is 1. The molecule has 0 saturated carbocycles. The van der Waals surface area contributed by atoms with Gasteiger partial charge >= 0.3 is 0 Å². The Morgan fingerprint density at radius 3 is 3.00 bits per heavy atom. The number of fused-ring (bicyclic) bond motifs is 2. The van der Waals surface area contributed by atoms with Crippen LogP contribution in [0.1, 0.15) is 44.9 Å². The van der Waals surface area contributed by atoms with Crippen molar-refractivity contribution < 1.29 is 4.79 Å². The van der Waals surface area contributed by atoms with Crippen LogP contribution in [-0.2, 0) is 6.42 Å². The molecule has 1 atom stereocenters. The topological polar surface area (TPSA) is 92.1 Å². The molecule has 8 heteroatoms. The molecule has 1 unspecified atom stereocenters. The van der Waals surface area contributed by atoms with E-state index in [1.165, 1.54) is 0 Å². The lowest BCUT2D eigenvalue weighted by Gasteiger charge is -2.35. The van der Waals surface area contributed by atoms with Crippen molar-refractivity contribution in [3.05, 3.63) is 77.0 Å². The van der Waals surface area contributed by atoms with E-state index in [0.717, 1.165) is 34.8 Å². The Morgan fingerprint density at radius 1 is 1.29 bits per heavy atom. The molecule has 1 aliphatic rings. The summed E-state index contributed by atoms with van der Waals surface area (Å²) in [5, 5.41) is 4.42. The molecule has 140 valence electrons. The lowest BCUT2D eigenvalue weighted by molar-refractivity contribution is 0.0684. The molecule has 1 aliphatic heterocycles. The number of H-pyrrole nitrogens is 1. The van der Waals surface area contributed by atoms with Gasteiger partial charge in [0.25, 0.3) is 5.91 Å². The highest BCUT2D eigenvalue weighted by molar-refractivity contribution is 5.93. The summed E-state index contributed by atoms with van der Waals surface area (Å²) >= 11 is 0. The fourth-order valence-electron chi connectivity index (χ4n) is 3.87. The monoisotopic (exact) mass is 373 g/mol. The van der Waals surface area contributed by atoms with Crippen LogP contribution < -0.4 is 0 Å². The molecule has 5 heterocycles. The van der Waals surface area contributed by atoms with E-state index in [0.29, 0.717) is 17.9 Å². The van der Waals surface area contributed by atoms with Gasteiger partial charge in [0.05, 0.1) is 17.7 Å². The maximum absolute atomic E-state index is 13.5. The summed E-state index contributed by atoms with van der Waals surface area (Å²) in [5.74, 6) is -0.119. The van der Waals surface area contributed by atoms with E-state index >= 15 is 0 Å². The van der Waals surface area contributed by atoms with Gasteiger partial charge in [-0.3, -0.25) is 9.78 Å². The highest BCUT2D eigenvalue weighted by Crippen LogP contribution is 2.33. The van der Waals surface area contributed by atoms with Gasteiger partial charge in [-0.1, -0.05) is 6.07 Å². The van der Waals surface area contributed by atoms with E-state index < -0.39 is 0 Å². The summed E-state index contributed by atoms with van der Waals surface area (Å²) in [6.07, 6.45) is 5.93. The van der Waals surface area contributed by atoms with E-state index in [-0.39, 0.29) is 11.9 Å². The SMILES string of the molecule is Cc1cc2nc(C(=O)N3CCc4[nH]cnc4C3c3cccnc3)cc(C)n2n1. The first-order valence-electron chi connectivity index (χ1n) is 9.19. The average Bonchev–Trinajstić information content (AvgIpc) is 3.33. The normalized spacial score (nSPS) is 16.4. The van der Waals surface area contributed by atoms with E-state index in [4.69, 9.17) is 0 Å². The predicted molar refractivity (Wildman–Crippen MR) is 102 cm³/mol. The molecule has 1 N–H and O–H groups in total. The van der Waals surface area contributed by atoms with Crippen LogP contribution in [0.3, 0.4) is 0 Å². The molecular weight excluding hydrogens is 354 g/mol. The summed E-state index contributed by atoms with van der Waals surface area (Å²) in [7, 11) is 0. The second-order valence-electron chi connectivity index (χ2n) is 7.04. The van der Waals surface area contributed by atoms with Crippen LogP contribution in [0.2, 0.25) is 0 Å². The van der Waals surface area contributed by atoms with Gasteiger partial charge in [-0.25, -0.2) is 14.5 Å². The molecule has 0 saturated heterocycles. The number of rotatable bonds is 2. The number of carbonyl (C=O) groups excluding carboxylic acids is 1. The Bertz CT molecular complexity index is 1180. The third kappa shape index (κ3) is 2.57. The van der Waals surface area contributed by atoms with Crippen molar-refractivity contribution in [1.82, 2.24) is 34.4 Å². The summed E-state index contributed by atoms with van der Waals surface area (Å²) in [5.41, 5.74) is 5.69. The zero-order valence-electron chi connectivity index (χ0n) is 15.6. The van der Waals surface area contributed by atoms with Crippen LogP contribution in [0, 0.1) is 13.8 Å². The Morgan fingerprint density at radius 2 is 2.18 bits per heavy atom. The molecule has 5 rings (SSSR count). The zero-order chi connectivity index (χ0) is 19.3. The Labute approximate surface area is 161 Å². The highest BCUT2D eigenvalue weighted by Gasteiger charge is 2.35. The van der Waals surface area contributed by atoms with Crippen LogP contribution in [0.15, 0.2) is 43.0 Å². The minimum atomic E-state index is -0.291. The molecule has 0 spiro atoms. The van der Waals surface area contributed by atoms with E-state index in [1.807, 2.05) is 36.9 Å². The predicted octanol–water partition coefficient (Wildman–Crippen LogP) is 2.25. The lowest BCUT2D eigenvalue weighted by atomic mass is 9.96. The van der Waals surface area contributed by atoms with Gasteiger partial charge in [-0.15, -0.1) is 0 Å². The Hall–Kier alpha value is -3.55. The average molecular weight is 373 g/mol. The number of amides is 1. The van der Waals surface area contributed by atoms with Gasteiger partial charge in [0, 0.05) is 42.8 Å². The van der Waals surface area contributed by atoms with Gasteiger partial charge in [-0.2, -0.15) is 5.10 Å². The van der Waals surface area contributed by atoms with E-state index in [1.54, 1.807) is 29.3 Å². The third-order valence-corrected chi connectivity index (χ3v) is 5.13. The minimum Gasteiger partial charge on any atom is -0.348 e. The number of pyridine rings is 1. The van der Waals surface area contributed by atoms with Crippen molar-refractivity contribution in [3.63, 3.8) is 0 Å². The molecule has 1 amide bonds. The maximum Gasteiger partial charge on any atom is 0.273 e. The largest absolute Gasteiger partial charge is 0.348 e. The van der Waals surface area contributed by atoms with E-state index in [9.17, 15) is 4.79 Å². The van der Waals surface area contributed by atoms with Crippen LogP contribution in [0.5, 0.6) is 0 Å². The quantitative estimate of drug-likeness (QED) is 0.582. The van der Waals surface area contributed by atoms with Crippen molar-refractivity contribution in [1.29, 1.82) is 0 Å². The maximum atomic E-state index is 13.5. The van der Waals surface area contributed by atoms with Crippen LogP contribution in [-0.4, -0.2) is 46.9 Å². The molecule has 4 aromatic heterocycles. The standard InChI is InChI=1S/C20H19N7O/c1-12-8-17-24-16(9-13(2)27(17)25-12)20(28)26-7-5-15-18(23-11-22-15)19(26)14-4-3-6-21-10-14/h3-4,6,8-11,19H,5,7H2,1-2H3,(H,22,23). The zero-order valence-corrected chi connectivity index (χ0v) is 15.6. The number of carbonyl (C=O) groups is 1. The first kappa shape index (κ1) is 16.6. The van der Waals surface area contributed by atoms with Gasteiger partial charge in [0.1, 0.15) is 11.7 Å². The van der Waals surface area contributed by atoms with Gasteiger partial charge < -0.3 is 9.88 Å². The van der Waals surface area contributed by atoms with Crippen molar-refractivity contribution in [2.24, 2.45) is 0 Å². The molecular formula is C20H19N7O. The molecule has 28 heavy (non-hydrogen) atoms. The van der Waals surface area contributed by atoms with Gasteiger partial charge in [0.2, 0.25) is 0 Å². The van der Waals surface area contributed by atoms with Gasteiger partial charge in [-0.05, 0) is 31.5 Å². The molecule has 4 aromatic rings. The number of aromatic amines is 1. The number of hydrogen-bond donors (Lipinski definition) is 1. The van der Waals surface area contributed by atoms with Gasteiger partial charge in [0.15, 0.2) is 5.65 Å². The summed E-state index contributed by atoms with van der Waals surface area (Å²) in [6.45, 7) is 4.42. The number of nitrogens with zero attached hydrogens (tertiary/aromatic N) is 6. The summed E-state index contributed by atoms with van der Waals surface area (Å²) in [6, 6.07) is 7.24. The second kappa shape index (κ2) is 6.26. The Balaban J connectivity index is 1.60. The summed E-state index contributed by atoms with van der Waals surface area (Å²) in [4.78, 5) is 31.8. The molecule has 0 radical (unpaired) electrons. The minimum absolute atomic E-state index is 0.119. The van der Waals surface area contributed by atoms with E-state index in [2.05, 4.69) is 25.0 Å². The molecule has 0 aliphatic carbocycles. The van der Waals surface area contributed by atoms with Crippen LogP contribution >= 0.6 is 0 Å². The number of imidazole rings is 1. The Kier molecular flexibility index (Phi) is 3.71. The molecule has 8 nitrogen and oxygen atoms in total. The number of hydrogen-bond acceptors (Lipinski definition) is 5. The van der Waals surface area contributed by atoms with Crippen LogP contribution in [0.25, 0.3) is 5.65 Å². The fourth-order valence-corrected chi connectivity index (χ4v) is 3.87. The van der Waals surface area contributed by atoms with Crippen molar-refractivity contribution in [2.75, 3.05) is 6.54 Å².